The Bertz CT molecular complexity index is 417. The molecule has 1 aliphatic carbocycles. The van der Waals surface area contributed by atoms with Crippen molar-refractivity contribution in [1.29, 1.82) is 0 Å². The van der Waals surface area contributed by atoms with Gasteiger partial charge in [0.05, 0.1) is 5.69 Å². The summed E-state index contributed by atoms with van der Waals surface area (Å²) < 4.78 is 5.28. The van der Waals surface area contributed by atoms with E-state index in [4.69, 9.17) is 4.42 Å². The lowest BCUT2D eigenvalue weighted by atomic mass is 10.1. The average Bonchev–Trinajstić information content (AvgIpc) is 2.81. The first-order chi connectivity index (χ1) is 8.08. The zero-order valence-corrected chi connectivity index (χ0v) is 11.7. The Hall–Kier alpha value is -0.840. The molecule has 2 rings (SSSR count). The van der Waals surface area contributed by atoms with Crippen molar-refractivity contribution in [2.75, 3.05) is 6.54 Å². The maximum Gasteiger partial charge on any atom is 0.289 e. The van der Waals surface area contributed by atoms with Gasteiger partial charge in [0, 0.05) is 18.3 Å². The number of hydrogen-bond donors (Lipinski definition) is 1. The third-order valence-electron chi connectivity index (χ3n) is 3.20. The van der Waals surface area contributed by atoms with E-state index in [2.05, 4.69) is 26.2 Å². The van der Waals surface area contributed by atoms with E-state index in [1.54, 1.807) is 13.8 Å². The first kappa shape index (κ1) is 12.6. The van der Waals surface area contributed by atoms with E-state index in [9.17, 15) is 4.79 Å². The molecular weight excluding hydrogens is 284 g/mol. The van der Waals surface area contributed by atoms with E-state index in [0.717, 1.165) is 0 Å². The summed E-state index contributed by atoms with van der Waals surface area (Å²) in [5.41, 5.74) is 0.654. The molecule has 17 heavy (non-hydrogen) atoms. The summed E-state index contributed by atoms with van der Waals surface area (Å²) in [5, 5.41) is 2.92. The van der Waals surface area contributed by atoms with Crippen LogP contribution in [-0.2, 0) is 0 Å². The van der Waals surface area contributed by atoms with Gasteiger partial charge in [0.25, 0.3) is 5.91 Å². The molecule has 0 aliphatic heterocycles. The van der Waals surface area contributed by atoms with E-state index in [1.807, 2.05) is 0 Å². The molecule has 1 aliphatic rings. The molecule has 0 radical (unpaired) electrons. The maximum absolute atomic E-state index is 11.9. The number of nitrogens with zero attached hydrogens (tertiary/aromatic N) is 1. The van der Waals surface area contributed by atoms with Crippen LogP contribution in [0.3, 0.4) is 0 Å². The zero-order valence-electron chi connectivity index (χ0n) is 10.1. The van der Waals surface area contributed by atoms with Gasteiger partial charge in [0.2, 0.25) is 5.76 Å². The van der Waals surface area contributed by atoms with Crippen LogP contribution in [0.1, 0.15) is 41.4 Å². The Kier molecular flexibility index (Phi) is 3.86. The van der Waals surface area contributed by atoms with Crippen LogP contribution in [0.15, 0.2) is 4.42 Å². The minimum Gasteiger partial charge on any atom is -0.436 e. The largest absolute Gasteiger partial charge is 0.436 e. The molecule has 1 heterocycles. The van der Waals surface area contributed by atoms with Crippen molar-refractivity contribution in [3.63, 3.8) is 0 Å². The first-order valence-corrected chi connectivity index (χ1v) is 6.86. The van der Waals surface area contributed by atoms with Crippen molar-refractivity contribution in [2.45, 2.75) is 37.9 Å². The Morgan fingerprint density at radius 2 is 2.29 bits per heavy atom. The van der Waals surface area contributed by atoms with Gasteiger partial charge in [-0.25, -0.2) is 4.98 Å². The number of nitrogens with one attached hydrogen (secondary N) is 1. The summed E-state index contributed by atoms with van der Waals surface area (Å²) >= 11 is 3.64. The second-order valence-electron chi connectivity index (χ2n) is 4.56. The first-order valence-electron chi connectivity index (χ1n) is 5.94. The van der Waals surface area contributed by atoms with Gasteiger partial charge in [-0.1, -0.05) is 22.4 Å². The Morgan fingerprint density at radius 1 is 1.53 bits per heavy atom. The molecule has 1 saturated carbocycles. The summed E-state index contributed by atoms with van der Waals surface area (Å²) in [7, 11) is 0. The molecule has 0 spiro atoms. The summed E-state index contributed by atoms with van der Waals surface area (Å²) in [6.07, 6.45) is 3.60. The average molecular weight is 301 g/mol. The molecule has 0 aromatic carbocycles. The smallest absolute Gasteiger partial charge is 0.289 e. The zero-order chi connectivity index (χ0) is 12.4. The standard InChI is InChI=1S/C12H17BrN2O2/c1-7-11(17-8(2)15-7)12(16)14-6-9-4-3-5-10(9)13/h9-10H,3-6H2,1-2H3,(H,14,16). The minimum absolute atomic E-state index is 0.158. The number of carbonyl (C=O) groups is 1. The number of carbonyl (C=O) groups excluding carboxylic acids is 1. The van der Waals surface area contributed by atoms with E-state index in [0.29, 0.717) is 34.6 Å². The lowest BCUT2D eigenvalue weighted by molar-refractivity contribution is 0.0918. The van der Waals surface area contributed by atoms with Gasteiger partial charge < -0.3 is 9.73 Å². The molecule has 4 nitrogen and oxygen atoms in total. The van der Waals surface area contributed by atoms with Crippen molar-refractivity contribution in [3.05, 3.63) is 17.3 Å². The van der Waals surface area contributed by atoms with Crippen molar-refractivity contribution in [1.82, 2.24) is 10.3 Å². The van der Waals surface area contributed by atoms with Gasteiger partial charge in [0.15, 0.2) is 5.89 Å². The number of halogens is 1. The summed E-state index contributed by atoms with van der Waals surface area (Å²) in [5.74, 6) is 1.25. The second kappa shape index (κ2) is 5.21. The van der Waals surface area contributed by atoms with Crippen molar-refractivity contribution in [3.8, 4) is 0 Å². The molecule has 1 aromatic rings. The van der Waals surface area contributed by atoms with Crippen molar-refractivity contribution < 1.29 is 9.21 Å². The third-order valence-corrected chi connectivity index (χ3v) is 4.41. The van der Waals surface area contributed by atoms with Crippen molar-refractivity contribution >= 4 is 21.8 Å². The van der Waals surface area contributed by atoms with E-state index in [1.165, 1.54) is 19.3 Å². The molecule has 1 amide bonds. The number of amides is 1. The van der Waals surface area contributed by atoms with E-state index >= 15 is 0 Å². The van der Waals surface area contributed by atoms with E-state index in [-0.39, 0.29) is 5.91 Å². The van der Waals surface area contributed by atoms with Gasteiger partial charge in [-0.05, 0) is 25.7 Å². The predicted octanol–water partition coefficient (Wildman–Crippen LogP) is 2.58. The highest BCUT2D eigenvalue weighted by molar-refractivity contribution is 9.09. The fourth-order valence-corrected chi connectivity index (χ4v) is 3.04. The lowest BCUT2D eigenvalue weighted by Gasteiger charge is -2.13. The SMILES string of the molecule is Cc1nc(C)c(C(=O)NCC2CCCC2Br)o1. The van der Waals surface area contributed by atoms with Gasteiger partial charge >= 0.3 is 0 Å². The van der Waals surface area contributed by atoms with Gasteiger partial charge in [-0.15, -0.1) is 0 Å². The number of oxazole rings is 1. The van der Waals surface area contributed by atoms with Crippen LogP contribution >= 0.6 is 15.9 Å². The summed E-state index contributed by atoms with van der Waals surface area (Å²) in [4.78, 5) is 16.5. The molecule has 0 saturated heterocycles. The van der Waals surface area contributed by atoms with Gasteiger partial charge in [-0.2, -0.15) is 0 Å². The van der Waals surface area contributed by atoms with Crippen LogP contribution in [-0.4, -0.2) is 22.3 Å². The number of aryl methyl sites for hydroxylation is 2. The fraction of sp³-hybridized carbons (Fsp3) is 0.667. The summed E-state index contributed by atoms with van der Waals surface area (Å²) in [6.45, 7) is 4.23. The highest BCUT2D eigenvalue weighted by atomic mass is 79.9. The van der Waals surface area contributed by atoms with E-state index < -0.39 is 0 Å². The molecule has 5 heteroatoms. The molecular formula is C12H17BrN2O2. The van der Waals surface area contributed by atoms with Crippen molar-refractivity contribution in [2.24, 2.45) is 5.92 Å². The molecule has 0 bridgehead atoms. The molecule has 1 aromatic heterocycles. The molecule has 1 N–H and O–H groups in total. The molecule has 1 fully saturated rings. The van der Waals surface area contributed by atoms with Gasteiger partial charge in [0.1, 0.15) is 0 Å². The normalized spacial score (nSPS) is 23.9. The fourth-order valence-electron chi connectivity index (χ4n) is 2.27. The molecule has 94 valence electrons. The quantitative estimate of drug-likeness (QED) is 0.873. The maximum atomic E-state index is 11.9. The van der Waals surface area contributed by atoms with Crippen LogP contribution < -0.4 is 5.32 Å². The van der Waals surface area contributed by atoms with Gasteiger partial charge in [-0.3, -0.25) is 4.79 Å². The van der Waals surface area contributed by atoms with Crippen LogP contribution in [0.25, 0.3) is 0 Å². The van der Waals surface area contributed by atoms with Crippen LogP contribution in [0.2, 0.25) is 0 Å². The minimum atomic E-state index is -0.158. The third kappa shape index (κ3) is 2.89. The topological polar surface area (TPSA) is 55.1 Å². The highest BCUT2D eigenvalue weighted by Crippen LogP contribution is 2.30. The van der Waals surface area contributed by atoms with Crippen LogP contribution in [0.4, 0.5) is 0 Å². The summed E-state index contributed by atoms with van der Waals surface area (Å²) in [6, 6.07) is 0. The number of aromatic nitrogens is 1. The molecule has 2 atom stereocenters. The van der Waals surface area contributed by atoms with Crippen LogP contribution in [0, 0.1) is 19.8 Å². The highest BCUT2D eigenvalue weighted by Gasteiger charge is 2.26. The number of hydrogen-bond acceptors (Lipinski definition) is 3. The number of rotatable bonds is 3. The predicted molar refractivity (Wildman–Crippen MR) is 68.4 cm³/mol. The Morgan fingerprint density at radius 3 is 2.82 bits per heavy atom. The monoisotopic (exact) mass is 300 g/mol. The Labute approximate surface area is 109 Å². The second-order valence-corrected chi connectivity index (χ2v) is 5.74. The Balaban J connectivity index is 1.91. The number of alkyl halides is 1. The van der Waals surface area contributed by atoms with Crippen LogP contribution in [0.5, 0.6) is 0 Å². The molecule has 2 unspecified atom stereocenters. The lowest BCUT2D eigenvalue weighted by Crippen LogP contribution is -2.31.